The van der Waals surface area contributed by atoms with E-state index in [2.05, 4.69) is 76.4 Å². The first-order chi connectivity index (χ1) is 16.0. The highest BCUT2D eigenvalue weighted by atomic mass is 127. The van der Waals surface area contributed by atoms with Gasteiger partial charge in [0.05, 0.1) is 18.1 Å². The number of rotatable bonds is 7. The summed E-state index contributed by atoms with van der Waals surface area (Å²) in [7, 11) is 0. The standard InChI is InChI=1S/C27H33ClI2O4/c1-6-32-20-10-7-17(8-11-20)13-19-14-18(9-12-21(19)28)25-24(30)16(2)23(29)22(34-25)15-33-26(31)27(3,4)5/h7-12,14,16,22-25H,6,13,15H2,1-5H3. The zero-order valence-electron chi connectivity index (χ0n) is 20.3. The minimum absolute atomic E-state index is 0.101. The van der Waals surface area contributed by atoms with Gasteiger partial charge in [0.25, 0.3) is 0 Å². The van der Waals surface area contributed by atoms with Crippen LogP contribution in [0.5, 0.6) is 5.75 Å². The molecule has 5 atom stereocenters. The summed E-state index contributed by atoms with van der Waals surface area (Å²) in [6, 6.07) is 14.3. The maximum atomic E-state index is 12.3. The molecule has 0 radical (unpaired) electrons. The molecule has 0 bridgehead atoms. The van der Waals surface area contributed by atoms with Crippen LogP contribution in [0.4, 0.5) is 0 Å². The highest BCUT2D eigenvalue weighted by Gasteiger charge is 2.42. The van der Waals surface area contributed by atoms with Crippen LogP contribution >= 0.6 is 56.8 Å². The van der Waals surface area contributed by atoms with Crippen molar-refractivity contribution in [3.05, 3.63) is 64.2 Å². The van der Waals surface area contributed by atoms with Crippen molar-refractivity contribution >= 4 is 62.8 Å². The number of esters is 1. The average Bonchev–Trinajstić information content (AvgIpc) is 2.79. The molecule has 2 aromatic rings. The Morgan fingerprint density at radius 2 is 1.76 bits per heavy atom. The van der Waals surface area contributed by atoms with Gasteiger partial charge < -0.3 is 14.2 Å². The van der Waals surface area contributed by atoms with Crippen LogP contribution in [0.3, 0.4) is 0 Å². The van der Waals surface area contributed by atoms with Gasteiger partial charge in [-0.15, -0.1) is 0 Å². The van der Waals surface area contributed by atoms with Gasteiger partial charge in [-0.25, -0.2) is 0 Å². The second-order valence-electron chi connectivity index (χ2n) is 9.80. The molecule has 1 heterocycles. The smallest absolute Gasteiger partial charge is 0.311 e. The topological polar surface area (TPSA) is 44.8 Å². The molecule has 0 amide bonds. The molecular weight excluding hydrogens is 678 g/mol. The Morgan fingerprint density at radius 3 is 2.38 bits per heavy atom. The lowest BCUT2D eigenvalue weighted by Gasteiger charge is -2.42. The number of carbonyl (C=O) groups excluding carboxylic acids is 1. The first kappa shape index (κ1) is 28.0. The normalized spacial score (nSPS) is 25.1. The van der Waals surface area contributed by atoms with Gasteiger partial charge in [-0.2, -0.15) is 0 Å². The predicted molar refractivity (Wildman–Crippen MR) is 155 cm³/mol. The van der Waals surface area contributed by atoms with E-state index in [0.717, 1.165) is 28.3 Å². The first-order valence-electron chi connectivity index (χ1n) is 11.6. The van der Waals surface area contributed by atoms with Gasteiger partial charge in [0.15, 0.2) is 0 Å². The van der Waals surface area contributed by atoms with E-state index < -0.39 is 5.41 Å². The quantitative estimate of drug-likeness (QED) is 0.169. The van der Waals surface area contributed by atoms with Crippen molar-refractivity contribution < 1.29 is 19.0 Å². The lowest BCUT2D eigenvalue weighted by atomic mass is 9.89. The Morgan fingerprint density at radius 1 is 1.09 bits per heavy atom. The van der Waals surface area contributed by atoms with E-state index >= 15 is 0 Å². The van der Waals surface area contributed by atoms with Crippen LogP contribution in [0.15, 0.2) is 42.5 Å². The molecule has 3 rings (SSSR count). The van der Waals surface area contributed by atoms with Gasteiger partial charge in [-0.05, 0) is 74.9 Å². The monoisotopic (exact) mass is 710 g/mol. The molecule has 0 aliphatic carbocycles. The van der Waals surface area contributed by atoms with E-state index in [9.17, 15) is 4.79 Å². The van der Waals surface area contributed by atoms with Gasteiger partial charge in [-0.1, -0.05) is 88.0 Å². The summed E-state index contributed by atoms with van der Waals surface area (Å²) in [5, 5.41) is 0.744. The number of ether oxygens (including phenoxy) is 3. The highest BCUT2D eigenvalue weighted by Crippen LogP contribution is 2.43. The number of carbonyl (C=O) groups is 1. The third-order valence-electron chi connectivity index (χ3n) is 5.99. The second-order valence-corrected chi connectivity index (χ2v) is 13.1. The molecule has 186 valence electrons. The van der Waals surface area contributed by atoms with E-state index in [1.54, 1.807) is 0 Å². The van der Waals surface area contributed by atoms with Crippen molar-refractivity contribution in [2.45, 2.75) is 61.1 Å². The fourth-order valence-electron chi connectivity index (χ4n) is 3.89. The Kier molecular flexibility index (Phi) is 9.97. The summed E-state index contributed by atoms with van der Waals surface area (Å²) in [4.78, 5) is 12.3. The van der Waals surface area contributed by atoms with Crippen molar-refractivity contribution in [3.63, 3.8) is 0 Å². The third-order valence-corrected chi connectivity index (χ3v) is 10.1. The number of benzene rings is 2. The van der Waals surface area contributed by atoms with Gasteiger partial charge >= 0.3 is 5.97 Å². The Balaban J connectivity index is 1.78. The maximum Gasteiger partial charge on any atom is 0.311 e. The third kappa shape index (κ3) is 7.01. The maximum absolute atomic E-state index is 12.3. The van der Waals surface area contributed by atoms with Crippen molar-refractivity contribution in [1.82, 2.24) is 0 Å². The SMILES string of the molecule is CCOc1ccc(Cc2cc(C3OC(COC(=O)C(C)(C)C)C(I)C(C)C3I)ccc2Cl)cc1. The van der Waals surface area contributed by atoms with Crippen molar-refractivity contribution in [2.24, 2.45) is 11.3 Å². The zero-order chi connectivity index (χ0) is 25.0. The molecule has 1 saturated heterocycles. The van der Waals surface area contributed by atoms with Gasteiger partial charge in [0.1, 0.15) is 18.5 Å². The van der Waals surface area contributed by atoms with Gasteiger partial charge in [0.2, 0.25) is 0 Å². The van der Waals surface area contributed by atoms with Crippen molar-refractivity contribution in [1.29, 1.82) is 0 Å². The van der Waals surface area contributed by atoms with Crippen LogP contribution in [0, 0.1) is 11.3 Å². The summed E-state index contributed by atoms with van der Waals surface area (Å²) in [6.07, 6.45) is 0.467. The molecule has 4 nitrogen and oxygen atoms in total. The van der Waals surface area contributed by atoms with E-state index in [1.165, 1.54) is 5.56 Å². The second kappa shape index (κ2) is 12.1. The predicted octanol–water partition coefficient (Wildman–Crippen LogP) is 7.60. The van der Waals surface area contributed by atoms with Crippen LogP contribution in [0.2, 0.25) is 5.02 Å². The fraction of sp³-hybridized carbons (Fsp3) is 0.519. The number of hydrogen-bond acceptors (Lipinski definition) is 4. The number of halogens is 3. The lowest BCUT2D eigenvalue weighted by Crippen LogP contribution is -2.46. The fourth-order valence-corrected chi connectivity index (χ4v) is 6.73. The zero-order valence-corrected chi connectivity index (χ0v) is 25.4. The number of alkyl halides is 2. The molecule has 1 aliphatic rings. The van der Waals surface area contributed by atoms with Crippen LogP contribution < -0.4 is 4.74 Å². The van der Waals surface area contributed by atoms with Crippen molar-refractivity contribution in [2.75, 3.05) is 13.2 Å². The molecule has 2 aromatic carbocycles. The molecule has 0 spiro atoms. The molecule has 5 unspecified atom stereocenters. The summed E-state index contributed by atoms with van der Waals surface area (Å²) >= 11 is 11.5. The van der Waals surface area contributed by atoms with E-state index in [1.807, 2.05) is 45.9 Å². The Hall–Kier alpha value is -0.580. The largest absolute Gasteiger partial charge is 0.494 e. The molecule has 7 heteroatoms. The summed E-state index contributed by atoms with van der Waals surface area (Å²) in [5.74, 6) is 1.06. The van der Waals surface area contributed by atoms with Crippen LogP contribution in [0.25, 0.3) is 0 Å². The van der Waals surface area contributed by atoms with Gasteiger partial charge in [0, 0.05) is 12.9 Å². The first-order valence-corrected chi connectivity index (χ1v) is 14.5. The lowest BCUT2D eigenvalue weighted by molar-refractivity contribution is -0.161. The van der Waals surface area contributed by atoms with Crippen LogP contribution in [-0.2, 0) is 20.7 Å². The molecule has 1 aliphatic heterocycles. The summed E-state index contributed by atoms with van der Waals surface area (Å²) in [5.41, 5.74) is 2.81. The van der Waals surface area contributed by atoms with Crippen molar-refractivity contribution in [3.8, 4) is 5.75 Å². The molecule has 0 N–H and O–H groups in total. The highest BCUT2D eigenvalue weighted by molar-refractivity contribution is 14.1. The summed E-state index contributed by atoms with van der Waals surface area (Å²) < 4.78 is 18.3. The minimum Gasteiger partial charge on any atom is -0.494 e. The van der Waals surface area contributed by atoms with E-state index in [4.69, 9.17) is 25.8 Å². The average molecular weight is 711 g/mol. The van der Waals surface area contributed by atoms with E-state index in [-0.39, 0.29) is 32.6 Å². The van der Waals surface area contributed by atoms with Gasteiger partial charge in [-0.3, -0.25) is 4.79 Å². The molecular formula is C27H33ClI2O4. The molecule has 1 fully saturated rings. The minimum atomic E-state index is -0.530. The summed E-state index contributed by atoms with van der Waals surface area (Å²) in [6.45, 7) is 10.7. The van der Waals surface area contributed by atoms with Crippen LogP contribution in [-0.4, -0.2) is 33.1 Å². The van der Waals surface area contributed by atoms with Crippen LogP contribution in [0.1, 0.15) is 57.4 Å². The molecule has 0 saturated carbocycles. The Labute approximate surface area is 235 Å². The molecule has 34 heavy (non-hydrogen) atoms. The molecule has 0 aromatic heterocycles. The van der Waals surface area contributed by atoms with E-state index in [0.29, 0.717) is 12.5 Å². The number of hydrogen-bond donors (Lipinski definition) is 0. The Bertz CT molecular complexity index is 974.